The van der Waals surface area contributed by atoms with Gasteiger partial charge in [0.1, 0.15) is 23.7 Å². The summed E-state index contributed by atoms with van der Waals surface area (Å²) >= 11 is 5.72. The molecule has 0 radical (unpaired) electrons. The molecule has 0 saturated carbocycles. The third-order valence-corrected chi connectivity index (χ3v) is 4.40. The molecule has 2 heterocycles. The van der Waals surface area contributed by atoms with E-state index in [1.807, 2.05) is 4.90 Å². The third-order valence-electron chi connectivity index (χ3n) is 4.11. The Hall–Kier alpha value is -2.74. The van der Waals surface area contributed by atoms with E-state index in [1.165, 1.54) is 24.5 Å². The fourth-order valence-electron chi connectivity index (χ4n) is 2.66. The number of piperazine rings is 1. The average Bonchev–Trinajstić information content (AvgIpc) is 2.65. The van der Waals surface area contributed by atoms with Crippen molar-refractivity contribution in [3.05, 3.63) is 47.1 Å². The number of nitrogens with zero attached hydrogens (tertiary/aromatic N) is 4. The number of benzene rings is 1. The highest BCUT2D eigenvalue weighted by molar-refractivity contribution is 6.31. The highest BCUT2D eigenvalue weighted by Gasteiger charge is 2.20. The summed E-state index contributed by atoms with van der Waals surface area (Å²) in [6, 6.07) is 5.52. The Morgan fingerprint density at radius 2 is 1.88 bits per heavy atom. The zero-order valence-electron chi connectivity index (χ0n) is 14.1. The number of rotatable bonds is 3. The number of carbonyl (C=O) groups excluding carboxylic acids is 2. The maximum Gasteiger partial charge on any atom is 0.274 e. The zero-order valence-corrected chi connectivity index (χ0v) is 14.8. The lowest BCUT2D eigenvalue weighted by Crippen LogP contribution is -2.48. The van der Waals surface area contributed by atoms with Crippen LogP contribution >= 0.6 is 11.6 Å². The number of nitrogens with one attached hydrogen (secondary N) is 1. The van der Waals surface area contributed by atoms with Crippen molar-refractivity contribution < 1.29 is 14.0 Å². The van der Waals surface area contributed by atoms with Gasteiger partial charge in [-0.25, -0.2) is 14.4 Å². The van der Waals surface area contributed by atoms with Crippen LogP contribution in [-0.4, -0.2) is 52.9 Å². The van der Waals surface area contributed by atoms with Gasteiger partial charge < -0.3 is 15.1 Å². The van der Waals surface area contributed by atoms with Crippen molar-refractivity contribution in [1.29, 1.82) is 0 Å². The van der Waals surface area contributed by atoms with Crippen molar-refractivity contribution in [2.75, 3.05) is 36.4 Å². The molecule has 1 aromatic carbocycles. The molecule has 9 heteroatoms. The molecule has 26 heavy (non-hydrogen) atoms. The fourth-order valence-corrected chi connectivity index (χ4v) is 2.84. The molecular formula is C17H17ClFN5O2. The van der Waals surface area contributed by atoms with Gasteiger partial charge >= 0.3 is 0 Å². The molecule has 1 aliphatic rings. The number of amides is 2. The highest BCUT2D eigenvalue weighted by Crippen LogP contribution is 2.20. The quantitative estimate of drug-likeness (QED) is 0.887. The normalized spacial score (nSPS) is 14.3. The van der Waals surface area contributed by atoms with Crippen molar-refractivity contribution >= 4 is 34.9 Å². The van der Waals surface area contributed by atoms with Gasteiger partial charge in [0, 0.05) is 44.9 Å². The van der Waals surface area contributed by atoms with Crippen molar-refractivity contribution in [1.82, 2.24) is 14.9 Å². The number of aromatic nitrogens is 2. The van der Waals surface area contributed by atoms with E-state index in [0.717, 1.165) is 0 Å². The summed E-state index contributed by atoms with van der Waals surface area (Å²) in [6.07, 6.45) is 1.32. The molecule has 3 rings (SSSR count). The second-order valence-corrected chi connectivity index (χ2v) is 6.24. The van der Waals surface area contributed by atoms with Crippen LogP contribution in [0.25, 0.3) is 0 Å². The van der Waals surface area contributed by atoms with Gasteiger partial charge in [0.15, 0.2) is 0 Å². The molecule has 0 unspecified atom stereocenters. The Morgan fingerprint density at radius 3 is 2.54 bits per heavy atom. The lowest BCUT2D eigenvalue weighted by molar-refractivity contribution is -0.129. The van der Waals surface area contributed by atoms with E-state index < -0.39 is 11.7 Å². The number of hydrogen-bond donors (Lipinski definition) is 1. The number of halogens is 2. The molecule has 1 aliphatic heterocycles. The molecule has 136 valence electrons. The van der Waals surface area contributed by atoms with Gasteiger partial charge in [-0.3, -0.25) is 9.59 Å². The van der Waals surface area contributed by atoms with E-state index in [4.69, 9.17) is 11.6 Å². The van der Waals surface area contributed by atoms with Crippen LogP contribution < -0.4 is 10.2 Å². The second kappa shape index (κ2) is 7.65. The van der Waals surface area contributed by atoms with Gasteiger partial charge in [0.2, 0.25) is 5.91 Å². The monoisotopic (exact) mass is 377 g/mol. The predicted molar refractivity (Wildman–Crippen MR) is 95.9 cm³/mol. The summed E-state index contributed by atoms with van der Waals surface area (Å²) in [5.74, 6) is -0.340. The molecule has 2 aromatic rings. The van der Waals surface area contributed by atoms with Gasteiger partial charge in [0.25, 0.3) is 5.91 Å². The summed E-state index contributed by atoms with van der Waals surface area (Å²) < 4.78 is 13.2. The molecule has 1 saturated heterocycles. The SMILES string of the molecule is CC(=O)N1CCN(c2cc(C(=O)Nc3ccc(F)c(Cl)c3)ncn2)CC1. The van der Waals surface area contributed by atoms with E-state index in [2.05, 4.69) is 15.3 Å². The first-order chi connectivity index (χ1) is 12.4. The summed E-state index contributed by atoms with van der Waals surface area (Å²) in [7, 11) is 0. The van der Waals surface area contributed by atoms with E-state index in [1.54, 1.807) is 17.9 Å². The Morgan fingerprint density at radius 1 is 1.15 bits per heavy atom. The first-order valence-electron chi connectivity index (χ1n) is 8.03. The molecule has 7 nitrogen and oxygen atoms in total. The van der Waals surface area contributed by atoms with Crippen molar-refractivity contribution in [2.24, 2.45) is 0 Å². The van der Waals surface area contributed by atoms with Crippen LogP contribution in [0.3, 0.4) is 0 Å². The Balaban J connectivity index is 1.69. The molecule has 2 amide bonds. The van der Waals surface area contributed by atoms with Crippen molar-refractivity contribution in [3.8, 4) is 0 Å². The van der Waals surface area contributed by atoms with Crippen LogP contribution in [-0.2, 0) is 4.79 Å². The van der Waals surface area contributed by atoms with Crippen LogP contribution in [0.5, 0.6) is 0 Å². The van der Waals surface area contributed by atoms with Crippen LogP contribution in [0.1, 0.15) is 17.4 Å². The van der Waals surface area contributed by atoms with Crippen LogP contribution in [0.4, 0.5) is 15.9 Å². The Bertz CT molecular complexity index is 840. The minimum Gasteiger partial charge on any atom is -0.353 e. The first-order valence-corrected chi connectivity index (χ1v) is 8.41. The zero-order chi connectivity index (χ0) is 18.7. The second-order valence-electron chi connectivity index (χ2n) is 5.84. The molecule has 0 aliphatic carbocycles. The molecule has 0 atom stereocenters. The standard InChI is InChI=1S/C17H17ClFN5O2/c1-11(25)23-4-6-24(7-5-23)16-9-15(20-10-21-16)17(26)22-12-2-3-14(19)13(18)8-12/h2-3,8-10H,4-7H2,1H3,(H,22,26). The summed E-state index contributed by atoms with van der Waals surface area (Å²) in [4.78, 5) is 35.7. The topological polar surface area (TPSA) is 78.4 Å². The first kappa shape index (κ1) is 18.1. The van der Waals surface area contributed by atoms with Gasteiger partial charge in [-0.15, -0.1) is 0 Å². The highest BCUT2D eigenvalue weighted by atomic mass is 35.5. The number of carbonyl (C=O) groups is 2. The van der Waals surface area contributed by atoms with E-state index >= 15 is 0 Å². The van der Waals surface area contributed by atoms with Crippen LogP contribution in [0.15, 0.2) is 30.6 Å². The Labute approximate surface area is 154 Å². The molecule has 0 bridgehead atoms. The number of hydrogen-bond acceptors (Lipinski definition) is 5. The smallest absolute Gasteiger partial charge is 0.274 e. The van der Waals surface area contributed by atoms with E-state index in [9.17, 15) is 14.0 Å². The summed E-state index contributed by atoms with van der Waals surface area (Å²) in [5.41, 5.74) is 0.557. The maximum absolute atomic E-state index is 13.2. The van der Waals surface area contributed by atoms with Crippen molar-refractivity contribution in [3.63, 3.8) is 0 Å². The minimum absolute atomic E-state index is 0.0466. The molecule has 0 spiro atoms. The van der Waals surface area contributed by atoms with Gasteiger partial charge in [-0.2, -0.15) is 0 Å². The lowest BCUT2D eigenvalue weighted by Gasteiger charge is -2.34. The van der Waals surface area contributed by atoms with Crippen LogP contribution in [0, 0.1) is 5.82 Å². The van der Waals surface area contributed by atoms with Gasteiger partial charge in [-0.1, -0.05) is 11.6 Å². The lowest BCUT2D eigenvalue weighted by atomic mass is 10.2. The summed E-state index contributed by atoms with van der Waals surface area (Å²) in [5, 5.41) is 2.55. The fraction of sp³-hybridized carbons (Fsp3) is 0.294. The largest absolute Gasteiger partial charge is 0.353 e. The van der Waals surface area contributed by atoms with Crippen molar-refractivity contribution in [2.45, 2.75) is 6.92 Å². The number of anilines is 2. The predicted octanol–water partition coefficient (Wildman–Crippen LogP) is 2.19. The maximum atomic E-state index is 13.2. The Kier molecular flexibility index (Phi) is 5.32. The molecular weight excluding hydrogens is 361 g/mol. The van der Waals surface area contributed by atoms with Crippen LogP contribution in [0.2, 0.25) is 5.02 Å². The average molecular weight is 378 g/mol. The summed E-state index contributed by atoms with van der Waals surface area (Å²) in [6.45, 7) is 4.02. The third kappa shape index (κ3) is 4.08. The molecule has 1 aromatic heterocycles. The van der Waals surface area contributed by atoms with Gasteiger partial charge in [-0.05, 0) is 18.2 Å². The van der Waals surface area contributed by atoms with E-state index in [0.29, 0.717) is 37.7 Å². The minimum atomic E-state index is -0.557. The molecule has 1 N–H and O–H groups in total. The van der Waals surface area contributed by atoms with E-state index in [-0.39, 0.29) is 16.6 Å². The molecule has 1 fully saturated rings. The van der Waals surface area contributed by atoms with Gasteiger partial charge in [0.05, 0.1) is 5.02 Å².